The minimum absolute atomic E-state index is 0.522. The van der Waals surface area contributed by atoms with Crippen molar-refractivity contribution in [2.75, 3.05) is 13.1 Å². The van der Waals surface area contributed by atoms with Crippen LogP contribution in [0.1, 0.15) is 107 Å². The van der Waals surface area contributed by atoms with Crippen molar-refractivity contribution in [2.45, 2.75) is 115 Å². The number of thiol groups is 1. The van der Waals surface area contributed by atoms with Crippen LogP contribution < -0.4 is 0 Å². The highest BCUT2D eigenvalue weighted by Gasteiger charge is 2.36. The molecule has 150 valence electrons. The Morgan fingerprint density at radius 2 is 1.32 bits per heavy atom. The third kappa shape index (κ3) is 12.7. The minimum atomic E-state index is -0.777. The molecule has 0 unspecified atom stereocenters. The fourth-order valence-corrected chi connectivity index (χ4v) is 3.59. The summed E-state index contributed by atoms with van der Waals surface area (Å²) in [4.78, 5) is 14.0. The van der Waals surface area contributed by atoms with E-state index in [1.807, 2.05) is 13.8 Å². The van der Waals surface area contributed by atoms with Crippen LogP contribution in [0.25, 0.3) is 0 Å². The van der Waals surface area contributed by atoms with E-state index in [0.717, 1.165) is 64.5 Å². The number of nitrogens with zero attached hydrogens (tertiary/aromatic N) is 1. The van der Waals surface area contributed by atoms with Crippen LogP contribution in [0.15, 0.2) is 0 Å². The Balaban J connectivity index is 4.38. The van der Waals surface area contributed by atoms with Crippen LogP contribution in [0, 0.1) is 0 Å². The lowest BCUT2D eigenvalue weighted by atomic mass is 9.99. The summed E-state index contributed by atoms with van der Waals surface area (Å²) in [7, 11) is 0. The quantitative estimate of drug-likeness (QED) is 0.236. The second-order valence-corrected chi connectivity index (χ2v) is 8.83. The lowest BCUT2D eigenvalue weighted by Gasteiger charge is -2.36. The average molecular weight is 376 g/mol. The van der Waals surface area contributed by atoms with E-state index in [2.05, 4.69) is 17.5 Å². The first-order valence-corrected chi connectivity index (χ1v) is 10.6. The summed E-state index contributed by atoms with van der Waals surface area (Å²) in [6, 6.07) is -0.563. The maximum atomic E-state index is 11.9. The van der Waals surface area contributed by atoms with Gasteiger partial charge in [0.1, 0.15) is 6.04 Å². The highest BCUT2D eigenvalue weighted by molar-refractivity contribution is 7.81. The predicted molar refractivity (Wildman–Crippen MR) is 113 cm³/mol. The Morgan fingerprint density at radius 1 is 0.920 bits per heavy atom. The average Bonchev–Trinajstić information content (AvgIpc) is 2.58. The van der Waals surface area contributed by atoms with Crippen molar-refractivity contribution in [3.8, 4) is 0 Å². The van der Waals surface area contributed by atoms with Crippen molar-refractivity contribution in [1.29, 1.82) is 0 Å². The second-order valence-electron chi connectivity index (χ2n) is 7.67. The van der Waals surface area contributed by atoms with E-state index in [1.165, 1.54) is 25.7 Å². The number of unbranched alkanes of at least 4 members (excludes halogenated alkanes) is 10. The topological polar surface area (TPSA) is 40.5 Å². The van der Waals surface area contributed by atoms with E-state index in [0.29, 0.717) is 13.8 Å². The van der Waals surface area contributed by atoms with Crippen LogP contribution in [0.4, 0.5) is 0 Å². The number of hydrogen-bond acceptors (Lipinski definition) is 3. The Kier molecular flexibility index (Phi) is 12.6. The molecule has 0 heterocycles. The van der Waals surface area contributed by atoms with Crippen LogP contribution in [0.3, 0.4) is 0 Å². The van der Waals surface area contributed by atoms with E-state index in [1.54, 1.807) is 0 Å². The third-order valence-corrected chi connectivity index (χ3v) is 4.90. The van der Waals surface area contributed by atoms with Crippen molar-refractivity contribution in [1.82, 2.24) is 4.90 Å². The van der Waals surface area contributed by atoms with Gasteiger partial charge >= 0.3 is 5.97 Å². The molecule has 0 rings (SSSR count). The Hall–Kier alpha value is -0.220. The number of aliphatic carboxylic acids is 1. The minimum Gasteiger partial charge on any atom is -0.480 e. The fourth-order valence-electron chi connectivity index (χ4n) is 3.32. The summed E-state index contributed by atoms with van der Waals surface area (Å²) < 4.78 is 13.8. The van der Waals surface area contributed by atoms with Gasteiger partial charge in [-0.15, -0.1) is 0 Å². The Morgan fingerprint density at radius 3 is 1.68 bits per heavy atom. The van der Waals surface area contributed by atoms with Gasteiger partial charge in [0, 0.05) is 7.49 Å². The van der Waals surface area contributed by atoms with Crippen molar-refractivity contribution in [2.24, 2.45) is 0 Å². The zero-order valence-corrected chi connectivity index (χ0v) is 17.5. The molecule has 1 N–H and O–H groups in total. The number of carboxylic acid groups (broad SMARTS) is 1. The molecule has 0 aliphatic heterocycles. The molecule has 0 saturated carbocycles. The van der Waals surface area contributed by atoms with Gasteiger partial charge in [-0.3, -0.25) is 9.69 Å². The Labute approximate surface area is 165 Å². The number of hydrogen-bond donors (Lipinski definition) is 2. The molecule has 0 saturated heterocycles. The molecule has 0 aliphatic carbocycles. The molecule has 0 fully saturated rings. The largest absolute Gasteiger partial charge is 0.480 e. The first-order valence-electron chi connectivity index (χ1n) is 11.5. The summed E-state index contributed by atoms with van der Waals surface area (Å²) in [5, 5.41) is 9.75. The van der Waals surface area contributed by atoms with Crippen molar-refractivity contribution >= 4 is 18.6 Å². The van der Waals surface area contributed by atoms with E-state index in [4.69, 9.17) is 2.74 Å². The van der Waals surface area contributed by atoms with E-state index < -0.39 is 16.8 Å². The number of rotatable bonds is 17. The van der Waals surface area contributed by atoms with Crippen LogP contribution in [-0.4, -0.2) is 39.9 Å². The zero-order chi connectivity index (χ0) is 20.5. The molecule has 0 aliphatic rings. The van der Waals surface area contributed by atoms with E-state index in [9.17, 15) is 9.90 Å². The zero-order valence-electron chi connectivity index (χ0n) is 18.6. The highest BCUT2D eigenvalue weighted by Crippen LogP contribution is 2.24. The highest BCUT2D eigenvalue weighted by atomic mass is 32.1. The van der Waals surface area contributed by atoms with Crippen molar-refractivity contribution in [3.63, 3.8) is 0 Å². The van der Waals surface area contributed by atoms with Crippen molar-refractivity contribution in [3.05, 3.63) is 0 Å². The maximum absolute atomic E-state index is 11.9. The number of carbonyl (C=O) groups is 1. The molecule has 25 heavy (non-hydrogen) atoms. The summed E-state index contributed by atoms with van der Waals surface area (Å²) in [5.41, 5.74) is 0. The van der Waals surface area contributed by atoms with Gasteiger partial charge in [0.15, 0.2) is 0 Å². The van der Waals surface area contributed by atoms with E-state index in [-0.39, 0.29) is 0 Å². The first-order chi connectivity index (χ1) is 12.8. The summed E-state index contributed by atoms with van der Waals surface area (Å²) in [6.07, 6.45) is 13.3. The summed E-state index contributed by atoms with van der Waals surface area (Å²) in [6.45, 7) is 6.46. The number of carboxylic acids is 1. The Bertz CT molecular complexity index is 347. The summed E-state index contributed by atoms with van der Waals surface area (Å²) in [5.74, 6) is -0.777. The molecule has 0 aromatic heterocycles. The summed E-state index contributed by atoms with van der Waals surface area (Å²) >= 11 is 4.57. The van der Waals surface area contributed by atoms with Crippen LogP contribution in [-0.2, 0) is 4.79 Å². The fraction of sp³-hybridized carbons (Fsp3) is 0.952. The predicted octanol–water partition coefficient (Wildman–Crippen LogP) is 6.17. The molecular weight excluding hydrogens is 330 g/mol. The SMILES string of the molecule is [2H]CCCCCCCCN(CCCCCCCC[2H])[C@H](C(=O)O)C(C)(C)S. The van der Waals surface area contributed by atoms with Gasteiger partial charge in [0.05, 0.1) is 0 Å². The van der Waals surface area contributed by atoms with E-state index >= 15 is 0 Å². The lowest BCUT2D eigenvalue weighted by Crippen LogP contribution is -2.52. The molecule has 1 atom stereocenters. The lowest BCUT2D eigenvalue weighted by molar-refractivity contribution is -0.144. The van der Waals surface area contributed by atoms with Crippen molar-refractivity contribution < 1.29 is 12.6 Å². The molecular formula is C21H43NO2S. The molecule has 0 aromatic carbocycles. The molecule has 0 spiro atoms. The van der Waals surface area contributed by atoms with Crippen LogP contribution >= 0.6 is 12.6 Å². The maximum Gasteiger partial charge on any atom is 0.322 e. The standard InChI is InChI=1S/C21H43NO2S/c1-5-7-9-11-13-15-17-22(18-16-14-12-10-8-6-2)19(20(23)24)21(3,4)25/h19,25H,5-18H2,1-4H3,(H,23,24)/t19-/m1/s1/i1D,2D. The molecule has 0 bridgehead atoms. The molecule has 0 radical (unpaired) electrons. The normalized spacial score (nSPS) is 14.4. The van der Waals surface area contributed by atoms with Gasteiger partial charge in [-0.25, -0.2) is 0 Å². The van der Waals surface area contributed by atoms with Gasteiger partial charge in [-0.2, -0.15) is 12.6 Å². The third-order valence-electron chi connectivity index (χ3n) is 4.66. The molecule has 4 heteroatoms. The molecule has 0 amide bonds. The van der Waals surface area contributed by atoms with Gasteiger partial charge in [0.2, 0.25) is 0 Å². The van der Waals surface area contributed by atoms with Gasteiger partial charge in [-0.05, 0) is 39.8 Å². The van der Waals surface area contributed by atoms with Crippen LogP contribution in [0.5, 0.6) is 0 Å². The van der Waals surface area contributed by atoms with Crippen LogP contribution in [0.2, 0.25) is 0 Å². The monoisotopic (exact) mass is 375 g/mol. The van der Waals surface area contributed by atoms with Gasteiger partial charge in [-0.1, -0.05) is 78.0 Å². The molecule has 0 aromatic rings. The first kappa shape index (κ1) is 21.1. The smallest absolute Gasteiger partial charge is 0.322 e. The van der Waals surface area contributed by atoms with Gasteiger partial charge in [0.25, 0.3) is 0 Å². The van der Waals surface area contributed by atoms with Gasteiger partial charge < -0.3 is 5.11 Å². The second kappa shape index (κ2) is 14.9. The molecule has 3 nitrogen and oxygen atoms in total.